The van der Waals surface area contributed by atoms with Crippen LogP contribution in [0.25, 0.3) is 10.4 Å². The van der Waals surface area contributed by atoms with Crippen molar-refractivity contribution in [2.45, 2.75) is 10.4 Å². The van der Waals surface area contributed by atoms with Crippen LogP contribution in [0.2, 0.25) is 0 Å². The van der Waals surface area contributed by atoms with Gasteiger partial charge in [0.1, 0.15) is 0 Å². The molecule has 0 amide bonds. The van der Waals surface area contributed by atoms with E-state index in [0.29, 0.717) is 5.13 Å². The van der Waals surface area contributed by atoms with Gasteiger partial charge in [0.15, 0.2) is 5.13 Å². The van der Waals surface area contributed by atoms with E-state index < -0.39 is 5.51 Å². The summed E-state index contributed by atoms with van der Waals surface area (Å²) in [5.41, 5.74) is 2.04. The van der Waals surface area contributed by atoms with Crippen LogP contribution in [0.1, 0.15) is 0 Å². The molecule has 0 atom stereocenters. The second-order valence-corrected chi connectivity index (χ2v) is 5.34. The minimum Gasteiger partial charge on any atom is -0.375 e. The number of benzene rings is 1. The maximum absolute atomic E-state index is 12.1. The van der Waals surface area contributed by atoms with Gasteiger partial charge >= 0.3 is 5.51 Å². The lowest BCUT2D eigenvalue weighted by Crippen LogP contribution is -1.98. The molecule has 17 heavy (non-hydrogen) atoms. The zero-order valence-electron chi connectivity index (χ0n) is 8.36. The Hall–Kier alpha value is -1.21. The molecule has 2 N–H and O–H groups in total. The Morgan fingerprint density at radius 2 is 1.82 bits per heavy atom. The molecule has 0 radical (unpaired) electrons. The molecule has 90 valence electrons. The number of nitrogens with zero attached hydrogens (tertiary/aromatic N) is 1. The molecule has 0 saturated heterocycles. The summed E-state index contributed by atoms with van der Waals surface area (Å²) in [4.78, 5) is 4.89. The van der Waals surface area contributed by atoms with Crippen molar-refractivity contribution in [3.8, 4) is 10.4 Å². The van der Waals surface area contributed by atoms with Gasteiger partial charge in [-0.1, -0.05) is 23.5 Å². The molecule has 2 rings (SSSR count). The van der Waals surface area contributed by atoms with E-state index in [-0.39, 0.29) is 16.7 Å². The van der Waals surface area contributed by atoms with Crippen molar-refractivity contribution in [1.29, 1.82) is 0 Å². The second kappa shape index (κ2) is 4.58. The lowest BCUT2D eigenvalue weighted by atomic mass is 10.2. The highest BCUT2D eigenvalue weighted by molar-refractivity contribution is 8.00. The summed E-state index contributed by atoms with van der Waals surface area (Å²) in [5, 5.41) is 0.439. The molecule has 0 aliphatic rings. The molecule has 0 aliphatic carbocycles. The standard InChI is InChI=1S/C10H7F3N2S2/c11-10(12,13)17-7-3-1-6(2-4-7)8-5-15-9(14)16-8/h1-5H,(H2,14,15). The second-order valence-electron chi connectivity index (χ2n) is 3.13. The molecular formula is C10H7F3N2S2. The van der Waals surface area contributed by atoms with Gasteiger partial charge in [-0.25, -0.2) is 4.98 Å². The van der Waals surface area contributed by atoms with Crippen molar-refractivity contribution in [1.82, 2.24) is 4.98 Å². The molecule has 0 bridgehead atoms. The molecule has 0 spiro atoms. The number of rotatable bonds is 2. The van der Waals surface area contributed by atoms with Crippen molar-refractivity contribution in [2.75, 3.05) is 5.73 Å². The highest BCUT2D eigenvalue weighted by Crippen LogP contribution is 2.37. The average Bonchev–Trinajstić information content (AvgIpc) is 2.63. The van der Waals surface area contributed by atoms with E-state index in [9.17, 15) is 13.2 Å². The quantitative estimate of drug-likeness (QED) is 0.842. The molecule has 0 fully saturated rings. The van der Waals surface area contributed by atoms with E-state index >= 15 is 0 Å². The van der Waals surface area contributed by atoms with Crippen LogP contribution in [0, 0.1) is 0 Å². The highest BCUT2D eigenvalue weighted by atomic mass is 32.2. The summed E-state index contributed by atoms with van der Waals surface area (Å²) in [5.74, 6) is 0. The number of nitrogen functional groups attached to an aromatic ring is 1. The predicted molar refractivity (Wildman–Crippen MR) is 63.9 cm³/mol. The van der Waals surface area contributed by atoms with Crippen LogP contribution in [-0.4, -0.2) is 10.5 Å². The zero-order chi connectivity index (χ0) is 12.5. The van der Waals surface area contributed by atoms with E-state index in [2.05, 4.69) is 4.98 Å². The summed E-state index contributed by atoms with van der Waals surface area (Å²) < 4.78 is 36.3. The minimum atomic E-state index is -4.25. The number of thiazole rings is 1. The molecule has 2 nitrogen and oxygen atoms in total. The van der Waals surface area contributed by atoms with Gasteiger partial charge in [-0.3, -0.25) is 0 Å². The van der Waals surface area contributed by atoms with Gasteiger partial charge in [0.2, 0.25) is 0 Å². The third-order valence-corrected chi connectivity index (χ3v) is 3.51. The Morgan fingerprint density at radius 3 is 2.29 bits per heavy atom. The van der Waals surface area contributed by atoms with Crippen molar-refractivity contribution in [3.05, 3.63) is 30.5 Å². The Kier molecular flexibility index (Phi) is 3.30. The monoisotopic (exact) mass is 276 g/mol. The Balaban J connectivity index is 2.19. The summed E-state index contributed by atoms with van der Waals surface area (Å²) in [6, 6.07) is 6.12. The van der Waals surface area contributed by atoms with E-state index in [4.69, 9.17) is 5.73 Å². The molecule has 0 saturated carbocycles. The maximum atomic E-state index is 12.1. The molecular weight excluding hydrogens is 269 g/mol. The fourth-order valence-corrected chi connectivity index (χ4v) is 2.47. The number of anilines is 1. The molecule has 1 heterocycles. The number of thioether (sulfide) groups is 1. The van der Waals surface area contributed by atoms with E-state index in [1.165, 1.54) is 23.5 Å². The van der Waals surface area contributed by atoms with Crippen molar-refractivity contribution in [2.24, 2.45) is 0 Å². The smallest absolute Gasteiger partial charge is 0.375 e. The Bertz CT molecular complexity index is 505. The first kappa shape index (κ1) is 12.3. The number of hydrogen-bond donors (Lipinski definition) is 1. The topological polar surface area (TPSA) is 38.9 Å². The summed E-state index contributed by atoms with van der Waals surface area (Å²) in [6.07, 6.45) is 1.60. The number of halogens is 3. The van der Waals surface area contributed by atoms with Gasteiger partial charge in [-0.2, -0.15) is 13.2 Å². The van der Waals surface area contributed by atoms with E-state index in [1.54, 1.807) is 18.3 Å². The first-order valence-corrected chi connectivity index (χ1v) is 6.15. The molecule has 2 aromatic rings. The summed E-state index contributed by atoms with van der Waals surface area (Å²) in [7, 11) is 0. The van der Waals surface area contributed by atoms with Gasteiger partial charge in [0.25, 0.3) is 0 Å². The van der Waals surface area contributed by atoms with E-state index in [0.717, 1.165) is 10.4 Å². The fourth-order valence-electron chi connectivity index (χ4n) is 1.24. The van der Waals surface area contributed by atoms with Gasteiger partial charge in [-0.15, -0.1) is 0 Å². The SMILES string of the molecule is Nc1ncc(-c2ccc(SC(F)(F)F)cc2)s1. The minimum absolute atomic E-state index is 0.127. The summed E-state index contributed by atoms with van der Waals surface area (Å²) >= 11 is 1.17. The Labute approximate surface area is 104 Å². The first-order valence-electron chi connectivity index (χ1n) is 4.51. The average molecular weight is 276 g/mol. The lowest BCUT2D eigenvalue weighted by molar-refractivity contribution is -0.0328. The van der Waals surface area contributed by atoms with Crippen LogP contribution in [0.15, 0.2) is 35.4 Å². The number of nitrogens with two attached hydrogens (primary N) is 1. The molecule has 0 unspecified atom stereocenters. The van der Waals surface area contributed by atoms with Gasteiger partial charge < -0.3 is 5.73 Å². The fraction of sp³-hybridized carbons (Fsp3) is 0.100. The largest absolute Gasteiger partial charge is 0.446 e. The molecule has 1 aromatic carbocycles. The van der Waals surface area contributed by atoms with Crippen molar-refractivity contribution in [3.63, 3.8) is 0 Å². The van der Waals surface area contributed by atoms with Crippen molar-refractivity contribution >= 4 is 28.2 Å². The molecule has 7 heteroatoms. The van der Waals surface area contributed by atoms with Gasteiger partial charge in [-0.05, 0) is 29.5 Å². The highest BCUT2D eigenvalue weighted by Gasteiger charge is 2.28. The normalized spacial score (nSPS) is 11.7. The van der Waals surface area contributed by atoms with Gasteiger partial charge in [0.05, 0.1) is 4.88 Å². The van der Waals surface area contributed by atoms with Crippen LogP contribution in [0.4, 0.5) is 18.3 Å². The molecule has 1 aromatic heterocycles. The third kappa shape index (κ3) is 3.37. The predicted octanol–water partition coefficient (Wildman–Crippen LogP) is 4.00. The van der Waals surface area contributed by atoms with E-state index in [1.807, 2.05) is 0 Å². The summed E-state index contributed by atoms with van der Waals surface area (Å²) in [6.45, 7) is 0. The number of aromatic nitrogens is 1. The van der Waals surface area contributed by atoms with Crippen LogP contribution < -0.4 is 5.73 Å². The van der Waals surface area contributed by atoms with Crippen LogP contribution >= 0.6 is 23.1 Å². The van der Waals surface area contributed by atoms with Crippen molar-refractivity contribution < 1.29 is 13.2 Å². The molecule has 0 aliphatic heterocycles. The third-order valence-electron chi connectivity index (χ3n) is 1.90. The van der Waals surface area contributed by atoms with Crippen LogP contribution in [-0.2, 0) is 0 Å². The Morgan fingerprint density at radius 1 is 1.18 bits per heavy atom. The first-order chi connectivity index (χ1) is 7.94. The maximum Gasteiger partial charge on any atom is 0.446 e. The van der Waals surface area contributed by atoms with Crippen LogP contribution in [0.5, 0.6) is 0 Å². The van der Waals surface area contributed by atoms with Gasteiger partial charge in [0, 0.05) is 11.1 Å². The zero-order valence-corrected chi connectivity index (χ0v) is 9.99. The number of hydrogen-bond acceptors (Lipinski definition) is 4. The number of alkyl halides is 3. The van der Waals surface area contributed by atoms with Crippen LogP contribution in [0.3, 0.4) is 0 Å². The lowest BCUT2D eigenvalue weighted by Gasteiger charge is -2.05.